The van der Waals surface area contributed by atoms with Crippen LogP contribution in [0.3, 0.4) is 0 Å². The van der Waals surface area contributed by atoms with E-state index in [1.54, 1.807) is 30.2 Å². The van der Waals surface area contributed by atoms with Crippen molar-refractivity contribution >= 4 is 27.4 Å². The Kier molecular flexibility index (Phi) is 4.00. The van der Waals surface area contributed by atoms with Crippen LogP contribution in [0.15, 0.2) is 40.3 Å². The summed E-state index contributed by atoms with van der Waals surface area (Å²) in [5.74, 6) is -1.75. The molecule has 0 saturated heterocycles. The van der Waals surface area contributed by atoms with Crippen molar-refractivity contribution in [2.45, 2.75) is 29.5 Å². The number of carbonyl (C=O) groups is 1. The molecule has 0 amide bonds. The second kappa shape index (κ2) is 6.29. The first-order chi connectivity index (χ1) is 14.2. The molecule has 1 aliphatic carbocycles. The van der Waals surface area contributed by atoms with E-state index in [2.05, 4.69) is 5.10 Å². The Balaban J connectivity index is 1.85. The van der Waals surface area contributed by atoms with E-state index in [0.29, 0.717) is 33.0 Å². The second-order valence-corrected chi connectivity index (χ2v) is 10.00. The van der Waals surface area contributed by atoms with Gasteiger partial charge < -0.3 is 9.67 Å². The summed E-state index contributed by atoms with van der Waals surface area (Å²) in [5, 5.41) is 13.9. The lowest BCUT2D eigenvalue weighted by Crippen LogP contribution is -2.30. The van der Waals surface area contributed by atoms with Gasteiger partial charge >= 0.3 is 5.97 Å². The highest BCUT2D eigenvalue weighted by molar-refractivity contribution is 7.90. The molecule has 10 heteroatoms. The van der Waals surface area contributed by atoms with Crippen LogP contribution < -0.4 is 5.56 Å². The maximum atomic E-state index is 13.1. The van der Waals surface area contributed by atoms with Gasteiger partial charge in [0.05, 0.1) is 22.5 Å². The predicted molar refractivity (Wildman–Crippen MR) is 109 cm³/mol. The molecule has 1 fully saturated rings. The Morgan fingerprint density at radius 2 is 1.97 bits per heavy atom. The van der Waals surface area contributed by atoms with Crippen molar-refractivity contribution in [1.29, 1.82) is 0 Å². The third-order valence-electron chi connectivity index (χ3n) is 5.48. The van der Waals surface area contributed by atoms with E-state index in [1.807, 2.05) is 0 Å². The van der Waals surface area contributed by atoms with E-state index >= 15 is 0 Å². The van der Waals surface area contributed by atoms with Gasteiger partial charge in [-0.1, -0.05) is 11.6 Å². The largest absolute Gasteiger partial charge is 0.477 e. The molecule has 3 heterocycles. The first kappa shape index (κ1) is 19.1. The number of aromatic carboxylic acids is 1. The Labute approximate surface area is 176 Å². The van der Waals surface area contributed by atoms with E-state index in [1.165, 1.54) is 16.7 Å². The van der Waals surface area contributed by atoms with E-state index in [9.17, 15) is 23.1 Å². The van der Waals surface area contributed by atoms with Crippen molar-refractivity contribution in [3.63, 3.8) is 0 Å². The number of hydrogen-bond acceptors (Lipinski definition) is 5. The molecule has 154 valence electrons. The molecule has 30 heavy (non-hydrogen) atoms. The smallest absolute Gasteiger partial charge is 0.341 e. The summed E-state index contributed by atoms with van der Waals surface area (Å²) in [7, 11) is -2.02. The molecule has 1 aliphatic heterocycles. The number of sulfone groups is 1. The van der Waals surface area contributed by atoms with Crippen molar-refractivity contribution in [2.24, 2.45) is 7.05 Å². The standard InChI is InChI=1S/C20H16ClN3O5S/c1-23-8-11(7-22-23)13-6-17-14(5-16(13)21)18-10(9-30(17,28)29)4-15(20(26)27)19(25)24(18)12-2-3-12/h4-8,12H,2-3,9H2,1H3,(H,26,27). The molecule has 0 unspecified atom stereocenters. The molecule has 0 atom stereocenters. The number of carboxylic acids is 1. The lowest BCUT2D eigenvalue weighted by Gasteiger charge is -2.25. The highest BCUT2D eigenvalue weighted by atomic mass is 35.5. The van der Waals surface area contributed by atoms with Crippen LogP contribution in [-0.2, 0) is 22.6 Å². The molecule has 2 aliphatic rings. The third kappa shape index (κ3) is 2.80. The zero-order chi connectivity index (χ0) is 21.4. The second-order valence-electron chi connectivity index (χ2n) is 7.63. The van der Waals surface area contributed by atoms with Gasteiger partial charge in [0, 0.05) is 41.0 Å². The van der Waals surface area contributed by atoms with Crippen LogP contribution in [0.4, 0.5) is 0 Å². The summed E-state index contributed by atoms with van der Waals surface area (Å²) in [4.78, 5) is 24.6. The van der Waals surface area contributed by atoms with Crippen LogP contribution in [0, 0.1) is 0 Å². The molecule has 0 radical (unpaired) electrons. The first-order valence-corrected chi connectivity index (χ1v) is 11.3. The molecule has 2 aromatic heterocycles. The summed E-state index contributed by atoms with van der Waals surface area (Å²) >= 11 is 6.52. The van der Waals surface area contributed by atoms with Gasteiger partial charge in [0.1, 0.15) is 5.56 Å². The van der Waals surface area contributed by atoms with E-state index in [4.69, 9.17) is 11.6 Å². The minimum atomic E-state index is -3.77. The van der Waals surface area contributed by atoms with Crippen molar-refractivity contribution in [1.82, 2.24) is 14.3 Å². The zero-order valence-electron chi connectivity index (χ0n) is 15.8. The molecule has 3 aromatic rings. The molecule has 5 rings (SSSR count). The number of nitrogens with zero attached hydrogens (tertiary/aromatic N) is 3. The molecular formula is C20H16ClN3O5S. The van der Waals surface area contributed by atoms with Gasteiger partial charge in [0.15, 0.2) is 9.84 Å². The molecule has 1 aromatic carbocycles. The fraction of sp³-hybridized carbons (Fsp3) is 0.250. The molecule has 1 N–H and O–H groups in total. The molecule has 8 nitrogen and oxygen atoms in total. The zero-order valence-corrected chi connectivity index (χ0v) is 17.4. The summed E-state index contributed by atoms with van der Waals surface area (Å²) < 4.78 is 29.2. The molecule has 0 bridgehead atoms. The van der Waals surface area contributed by atoms with Gasteiger partial charge in [-0.3, -0.25) is 9.48 Å². The Morgan fingerprint density at radius 3 is 2.57 bits per heavy atom. The van der Waals surface area contributed by atoms with Crippen molar-refractivity contribution in [3.05, 3.63) is 57.1 Å². The number of pyridine rings is 1. The number of halogens is 1. The number of benzene rings is 1. The summed E-state index contributed by atoms with van der Waals surface area (Å²) in [6, 6.07) is 4.10. The van der Waals surface area contributed by atoms with Crippen LogP contribution in [0.1, 0.15) is 34.8 Å². The minimum absolute atomic E-state index is 0.0788. The highest BCUT2D eigenvalue weighted by Gasteiger charge is 2.37. The van der Waals surface area contributed by atoms with Gasteiger partial charge in [-0.25, -0.2) is 13.2 Å². The van der Waals surface area contributed by atoms with Crippen LogP contribution in [-0.4, -0.2) is 33.8 Å². The van der Waals surface area contributed by atoms with Crippen LogP contribution in [0.5, 0.6) is 0 Å². The number of hydrogen-bond donors (Lipinski definition) is 1. The number of carboxylic acid groups (broad SMARTS) is 1. The summed E-state index contributed by atoms with van der Waals surface area (Å²) in [5.41, 5.74) is 1.23. The molecule has 1 saturated carbocycles. The van der Waals surface area contributed by atoms with Crippen molar-refractivity contribution in [3.8, 4) is 22.4 Å². The van der Waals surface area contributed by atoms with E-state index in [-0.39, 0.29) is 16.7 Å². The predicted octanol–water partition coefficient (Wildman–Crippen LogP) is 2.89. The quantitative estimate of drug-likeness (QED) is 0.663. The average Bonchev–Trinajstić information content (AvgIpc) is 3.41. The van der Waals surface area contributed by atoms with Crippen molar-refractivity contribution < 1.29 is 18.3 Å². The highest BCUT2D eigenvalue weighted by Crippen LogP contribution is 2.46. The Morgan fingerprint density at radius 1 is 1.23 bits per heavy atom. The van der Waals surface area contributed by atoms with Crippen LogP contribution >= 0.6 is 11.6 Å². The van der Waals surface area contributed by atoms with E-state index < -0.39 is 26.9 Å². The fourth-order valence-corrected chi connectivity index (χ4v) is 5.84. The monoisotopic (exact) mass is 445 g/mol. The van der Waals surface area contributed by atoms with Crippen molar-refractivity contribution in [2.75, 3.05) is 0 Å². The SMILES string of the molecule is Cn1cc(-c2cc3c(cc2Cl)-c2c(cc(C(=O)O)c(=O)n2C2CC2)CS3(=O)=O)cn1. The topological polar surface area (TPSA) is 111 Å². The summed E-state index contributed by atoms with van der Waals surface area (Å²) in [6.07, 6.45) is 4.80. The van der Waals surface area contributed by atoms with Crippen LogP contribution in [0.25, 0.3) is 22.4 Å². The molecular weight excluding hydrogens is 430 g/mol. The van der Waals surface area contributed by atoms with Crippen LogP contribution in [0.2, 0.25) is 5.02 Å². The molecule has 0 spiro atoms. The van der Waals surface area contributed by atoms with Gasteiger partial charge in [-0.15, -0.1) is 0 Å². The number of rotatable bonds is 3. The summed E-state index contributed by atoms with van der Waals surface area (Å²) in [6.45, 7) is 0. The normalized spacial score (nSPS) is 16.7. The number of fused-ring (bicyclic) bond motifs is 3. The van der Waals surface area contributed by atoms with Gasteiger partial charge in [-0.05, 0) is 36.6 Å². The average molecular weight is 446 g/mol. The maximum absolute atomic E-state index is 13.1. The Hall–Kier alpha value is -2.91. The Bertz CT molecular complexity index is 1420. The lowest BCUT2D eigenvalue weighted by atomic mass is 10.00. The van der Waals surface area contributed by atoms with Gasteiger partial charge in [0.2, 0.25) is 0 Å². The minimum Gasteiger partial charge on any atom is -0.477 e. The lowest BCUT2D eigenvalue weighted by molar-refractivity contribution is 0.0694. The fourth-order valence-electron chi connectivity index (χ4n) is 4.00. The van der Waals surface area contributed by atoms with Gasteiger partial charge in [-0.2, -0.15) is 5.10 Å². The maximum Gasteiger partial charge on any atom is 0.341 e. The number of aryl methyl sites for hydroxylation is 1. The van der Waals surface area contributed by atoms with E-state index in [0.717, 1.165) is 12.8 Å². The third-order valence-corrected chi connectivity index (χ3v) is 7.49. The van der Waals surface area contributed by atoms with Gasteiger partial charge in [0.25, 0.3) is 5.56 Å². The first-order valence-electron chi connectivity index (χ1n) is 9.25. The number of aromatic nitrogens is 3.